The summed E-state index contributed by atoms with van der Waals surface area (Å²) in [4.78, 5) is 32.2. The molecule has 1 unspecified atom stereocenters. The molecule has 0 saturated carbocycles. The highest BCUT2D eigenvalue weighted by atomic mass is 16.5. The van der Waals surface area contributed by atoms with Gasteiger partial charge in [0.2, 0.25) is 0 Å². The fraction of sp³-hybridized carbons (Fsp3) is 0.357. The molecule has 3 rings (SSSR count). The molecule has 1 saturated heterocycles. The third-order valence-corrected chi connectivity index (χ3v) is 3.54. The van der Waals surface area contributed by atoms with E-state index in [2.05, 4.69) is 9.97 Å². The van der Waals surface area contributed by atoms with Gasteiger partial charge in [0.05, 0.1) is 31.4 Å². The van der Waals surface area contributed by atoms with E-state index in [1.165, 1.54) is 4.90 Å². The van der Waals surface area contributed by atoms with E-state index in [4.69, 9.17) is 4.74 Å². The number of aromatic nitrogens is 2. The predicted molar refractivity (Wildman–Crippen MR) is 75.1 cm³/mol. The second-order valence-electron chi connectivity index (χ2n) is 4.85. The van der Waals surface area contributed by atoms with Gasteiger partial charge in [-0.1, -0.05) is 18.2 Å². The number of rotatable bonds is 2. The average molecular weight is 289 g/mol. The summed E-state index contributed by atoms with van der Waals surface area (Å²) in [5, 5.41) is 9.95. The Kier molecular flexibility index (Phi) is 3.68. The lowest BCUT2D eigenvalue weighted by molar-refractivity contribution is -0.0185. The van der Waals surface area contributed by atoms with Gasteiger partial charge in [-0.2, -0.15) is 4.98 Å². The molecule has 1 amide bonds. The maximum absolute atomic E-state index is 12.7. The topological polar surface area (TPSA) is 95.5 Å². The van der Waals surface area contributed by atoms with Gasteiger partial charge in [-0.05, 0) is 6.07 Å². The summed E-state index contributed by atoms with van der Waals surface area (Å²) in [7, 11) is 0. The molecule has 1 aromatic carbocycles. The molecular weight excluding hydrogens is 274 g/mol. The number of H-pyrrole nitrogens is 1. The average Bonchev–Trinajstić information content (AvgIpc) is 2.53. The van der Waals surface area contributed by atoms with Gasteiger partial charge in [0, 0.05) is 11.9 Å². The number of aromatic amines is 1. The molecule has 0 spiro atoms. The van der Waals surface area contributed by atoms with Crippen molar-refractivity contribution in [3.05, 3.63) is 40.4 Å². The van der Waals surface area contributed by atoms with Crippen LogP contribution in [0.25, 0.3) is 10.9 Å². The van der Waals surface area contributed by atoms with E-state index >= 15 is 0 Å². The van der Waals surface area contributed by atoms with Crippen LogP contribution in [0.3, 0.4) is 0 Å². The summed E-state index contributed by atoms with van der Waals surface area (Å²) in [6.45, 7) is 0.868. The Morgan fingerprint density at radius 1 is 1.48 bits per heavy atom. The number of benzene rings is 1. The zero-order valence-electron chi connectivity index (χ0n) is 11.3. The van der Waals surface area contributed by atoms with Gasteiger partial charge in [-0.3, -0.25) is 4.79 Å². The van der Waals surface area contributed by atoms with Gasteiger partial charge in [0.25, 0.3) is 5.91 Å². The van der Waals surface area contributed by atoms with Crippen LogP contribution in [0, 0.1) is 0 Å². The van der Waals surface area contributed by atoms with Crippen molar-refractivity contribution in [3.8, 4) is 0 Å². The van der Waals surface area contributed by atoms with Crippen LogP contribution in [0.15, 0.2) is 29.1 Å². The van der Waals surface area contributed by atoms with Crippen molar-refractivity contribution >= 4 is 16.8 Å². The Bertz CT molecular complexity index is 727. The van der Waals surface area contributed by atoms with Crippen molar-refractivity contribution in [2.24, 2.45) is 0 Å². The molecule has 110 valence electrons. The summed E-state index contributed by atoms with van der Waals surface area (Å²) < 4.78 is 5.26. The van der Waals surface area contributed by atoms with Crippen LogP contribution in [-0.2, 0) is 4.74 Å². The minimum absolute atomic E-state index is 0.106. The molecule has 2 heterocycles. The second kappa shape index (κ2) is 5.63. The number of ether oxygens (including phenoxy) is 1. The van der Waals surface area contributed by atoms with Crippen LogP contribution in [0.5, 0.6) is 0 Å². The zero-order valence-corrected chi connectivity index (χ0v) is 11.3. The molecule has 1 aromatic heterocycles. The number of fused-ring (bicyclic) bond motifs is 1. The normalized spacial score (nSPS) is 18.9. The van der Waals surface area contributed by atoms with Gasteiger partial charge < -0.3 is 19.7 Å². The van der Waals surface area contributed by atoms with E-state index in [-0.39, 0.29) is 24.8 Å². The van der Waals surface area contributed by atoms with Gasteiger partial charge >= 0.3 is 5.69 Å². The molecular formula is C14H15N3O4. The lowest BCUT2D eigenvalue weighted by atomic mass is 10.1. The molecule has 1 aliphatic rings. The number of nitrogens with one attached hydrogen (secondary N) is 1. The molecule has 1 aliphatic heterocycles. The van der Waals surface area contributed by atoms with Gasteiger partial charge in [0.15, 0.2) is 0 Å². The van der Waals surface area contributed by atoms with Crippen LogP contribution in [0.4, 0.5) is 0 Å². The first-order valence-corrected chi connectivity index (χ1v) is 6.69. The van der Waals surface area contributed by atoms with E-state index in [1.54, 1.807) is 24.3 Å². The van der Waals surface area contributed by atoms with Crippen molar-refractivity contribution in [2.75, 3.05) is 26.4 Å². The summed E-state index contributed by atoms with van der Waals surface area (Å²) in [6.07, 6.45) is 0. The lowest BCUT2D eigenvalue weighted by Gasteiger charge is -2.34. The molecule has 2 N–H and O–H groups in total. The Labute approximate surface area is 120 Å². The molecule has 1 atom stereocenters. The summed E-state index contributed by atoms with van der Waals surface area (Å²) in [5.41, 5.74) is 0.107. The van der Waals surface area contributed by atoms with Crippen molar-refractivity contribution in [3.63, 3.8) is 0 Å². The highest BCUT2D eigenvalue weighted by Crippen LogP contribution is 2.17. The summed E-state index contributed by atoms with van der Waals surface area (Å²) in [5.74, 6) is -0.361. The quantitative estimate of drug-likeness (QED) is 0.795. The Balaban J connectivity index is 2.07. The number of aliphatic hydroxyl groups excluding tert-OH is 1. The predicted octanol–water partition coefficient (Wildman–Crippen LogP) is -0.244. The van der Waals surface area contributed by atoms with Gasteiger partial charge in [-0.15, -0.1) is 0 Å². The summed E-state index contributed by atoms with van der Waals surface area (Å²) >= 11 is 0. The Morgan fingerprint density at radius 3 is 3.10 bits per heavy atom. The largest absolute Gasteiger partial charge is 0.394 e. The first kappa shape index (κ1) is 13.7. The van der Waals surface area contributed by atoms with E-state index < -0.39 is 11.7 Å². The van der Waals surface area contributed by atoms with Crippen molar-refractivity contribution in [2.45, 2.75) is 6.04 Å². The number of aliphatic hydroxyl groups is 1. The fourth-order valence-electron chi connectivity index (χ4n) is 2.48. The minimum Gasteiger partial charge on any atom is -0.394 e. The van der Waals surface area contributed by atoms with Crippen LogP contribution >= 0.6 is 0 Å². The highest BCUT2D eigenvalue weighted by molar-refractivity contribution is 6.04. The van der Waals surface area contributed by atoms with Crippen molar-refractivity contribution < 1.29 is 14.6 Å². The van der Waals surface area contributed by atoms with Gasteiger partial charge in [-0.25, -0.2) is 4.79 Å². The maximum Gasteiger partial charge on any atom is 0.346 e. The number of carbonyl (C=O) groups excluding carboxylic acids is 1. The second-order valence-corrected chi connectivity index (χ2v) is 4.85. The maximum atomic E-state index is 12.7. The number of morpholine rings is 1. The molecule has 7 heteroatoms. The number of amides is 1. The first-order valence-electron chi connectivity index (χ1n) is 6.69. The zero-order chi connectivity index (χ0) is 14.8. The van der Waals surface area contributed by atoms with E-state index in [0.29, 0.717) is 24.1 Å². The van der Waals surface area contributed by atoms with Gasteiger partial charge in [0.1, 0.15) is 5.69 Å². The van der Waals surface area contributed by atoms with E-state index in [0.717, 1.165) is 0 Å². The Hall–Kier alpha value is -2.25. The number of hydrogen-bond donors (Lipinski definition) is 2. The fourth-order valence-corrected chi connectivity index (χ4v) is 2.48. The molecule has 0 radical (unpaired) electrons. The number of para-hydroxylation sites is 1. The van der Waals surface area contributed by atoms with Crippen LogP contribution < -0.4 is 5.69 Å². The van der Waals surface area contributed by atoms with E-state index in [9.17, 15) is 14.7 Å². The summed E-state index contributed by atoms with van der Waals surface area (Å²) in [6, 6.07) is 6.60. The van der Waals surface area contributed by atoms with Crippen molar-refractivity contribution in [1.82, 2.24) is 14.9 Å². The third-order valence-electron chi connectivity index (χ3n) is 3.54. The molecule has 1 fully saturated rings. The first-order chi connectivity index (χ1) is 10.2. The highest BCUT2D eigenvalue weighted by Gasteiger charge is 2.29. The van der Waals surface area contributed by atoms with Crippen LogP contribution in [-0.4, -0.2) is 58.3 Å². The number of carbonyl (C=O) groups is 1. The number of nitrogens with zero attached hydrogens (tertiary/aromatic N) is 2. The third kappa shape index (κ3) is 2.53. The smallest absolute Gasteiger partial charge is 0.346 e. The molecule has 21 heavy (non-hydrogen) atoms. The lowest BCUT2D eigenvalue weighted by Crippen LogP contribution is -2.51. The Morgan fingerprint density at radius 2 is 2.29 bits per heavy atom. The van der Waals surface area contributed by atoms with Crippen molar-refractivity contribution in [1.29, 1.82) is 0 Å². The van der Waals surface area contributed by atoms with Crippen LogP contribution in [0.1, 0.15) is 10.5 Å². The monoisotopic (exact) mass is 289 g/mol. The molecule has 0 bridgehead atoms. The molecule has 0 aliphatic carbocycles. The SMILES string of the molecule is O=C(c1nc(=O)[nH]c2ccccc12)N1CCOCC1CO. The molecule has 7 nitrogen and oxygen atoms in total. The molecule has 2 aromatic rings. The number of hydrogen-bond acceptors (Lipinski definition) is 5. The van der Waals surface area contributed by atoms with E-state index in [1.807, 2.05) is 0 Å². The standard InChI is InChI=1S/C14H15N3O4/c18-7-9-8-21-6-5-17(9)13(19)12-10-3-1-2-4-11(10)15-14(20)16-12/h1-4,9,18H,5-8H2,(H,15,16,20). The van der Waals surface area contributed by atoms with Crippen LogP contribution in [0.2, 0.25) is 0 Å². The minimum atomic E-state index is -0.564.